The Hall–Kier alpha value is -1.64. The molecule has 7 nitrogen and oxygen atoms in total. The van der Waals surface area contributed by atoms with E-state index in [4.69, 9.17) is 4.74 Å². The molecule has 2 saturated heterocycles. The van der Waals surface area contributed by atoms with E-state index in [-0.39, 0.29) is 29.6 Å². The average Bonchev–Trinajstić information content (AvgIpc) is 2.95. The van der Waals surface area contributed by atoms with E-state index in [0.717, 1.165) is 6.42 Å². The summed E-state index contributed by atoms with van der Waals surface area (Å²) >= 11 is 0. The summed E-state index contributed by atoms with van der Waals surface area (Å²) in [7, 11) is -1.48. The topological polar surface area (TPSA) is 79.0 Å². The Morgan fingerprint density at radius 2 is 1.92 bits per heavy atom. The molecule has 2 fully saturated rings. The predicted octanol–water partition coefficient (Wildman–Crippen LogP) is 0.368. The van der Waals surface area contributed by atoms with E-state index in [1.807, 2.05) is 30.3 Å². The zero-order valence-electron chi connectivity index (χ0n) is 15.1. The number of piperazine rings is 1. The van der Waals surface area contributed by atoms with Crippen LogP contribution in [-0.2, 0) is 21.0 Å². The number of rotatable bonds is 6. The van der Waals surface area contributed by atoms with Crippen LogP contribution in [0, 0.1) is 0 Å². The number of nitrogens with zero attached hydrogens (tertiary/aromatic N) is 2. The molecule has 0 aromatic heterocycles. The fraction of sp³-hybridized carbons (Fsp3) is 0.611. The third kappa shape index (κ3) is 4.55. The summed E-state index contributed by atoms with van der Waals surface area (Å²) in [4.78, 5) is 16.5. The summed E-state index contributed by atoms with van der Waals surface area (Å²) < 4.78 is 29.5. The molecular weight excluding hydrogens is 354 g/mol. The molecule has 1 aromatic rings. The average molecular weight is 381 g/mol. The van der Waals surface area contributed by atoms with E-state index < -0.39 is 9.84 Å². The van der Waals surface area contributed by atoms with Crippen LogP contribution in [0.2, 0.25) is 0 Å². The minimum Gasteiger partial charge on any atom is -0.383 e. The number of fused-ring (bicyclic) bond motifs is 1. The number of methoxy groups -OCH3 is 1. The van der Waals surface area contributed by atoms with E-state index in [1.54, 1.807) is 12.0 Å². The quantitative estimate of drug-likeness (QED) is 0.770. The van der Waals surface area contributed by atoms with Gasteiger partial charge in [-0.25, -0.2) is 13.2 Å². The normalized spacial score (nSPS) is 25.0. The summed E-state index contributed by atoms with van der Waals surface area (Å²) in [6, 6.07) is 9.40. The SMILES string of the molecule is COCCN1CCN(C(=O)NCCc2ccccc2)[C@@H]2CS(=O)(=O)C[C@@H]21. The van der Waals surface area contributed by atoms with Crippen molar-refractivity contribution in [1.82, 2.24) is 15.1 Å². The molecule has 2 aliphatic heterocycles. The number of urea groups is 1. The van der Waals surface area contributed by atoms with Gasteiger partial charge in [-0.3, -0.25) is 4.90 Å². The minimum absolute atomic E-state index is 0.0489. The number of nitrogens with one attached hydrogen (secondary N) is 1. The third-order valence-corrected chi connectivity index (χ3v) is 6.87. The predicted molar refractivity (Wildman–Crippen MR) is 99.9 cm³/mol. The number of sulfone groups is 1. The van der Waals surface area contributed by atoms with Gasteiger partial charge in [0, 0.05) is 39.3 Å². The first kappa shape index (κ1) is 19.1. The second-order valence-electron chi connectivity index (χ2n) is 6.90. The van der Waals surface area contributed by atoms with Crippen LogP contribution in [0.15, 0.2) is 30.3 Å². The van der Waals surface area contributed by atoms with Gasteiger partial charge in [-0.15, -0.1) is 0 Å². The molecule has 1 aromatic carbocycles. The minimum atomic E-state index is -3.12. The van der Waals surface area contributed by atoms with Gasteiger partial charge in [0.15, 0.2) is 9.84 Å². The Morgan fingerprint density at radius 1 is 1.19 bits per heavy atom. The van der Waals surface area contributed by atoms with E-state index in [0.29, 0.717) is 32.8 Å². The highest BCUT2D eigenvalue weighted by molar-refractivity contribution is 7.91. The molecular formula is C18H27N3O4S. The molecule has 0 aliphatic carbocycles. The first-order valence-electron chi connectivity index (χ1n) is 9.02. The van der Waals surface area contributed by atoms with Crippen LogP contribution in [0.1, 0.15) is 5.56 Å². The highest BCUT2D eigenvalue weighted by Gasteiger charge is 2.47. The molecule has 0 unspecified atom stereocenters. The highest BCUT2D eigenvalue weighted by Crippen LogP contribution is 2.26. The first-order valence-corrected chi connectivity index (χ1v) is 10.8. The maximum atomic E-state index is 12.6. The van der Waals surface area contributed by atoms with Crippen molar-refractivity contribution in [2.75, 3.05) is 51.4 Å². The van der Waals surface area contributed by atoms with Crippen LogP contribution in [-0.4, -0.2) is 87.7 Å². The van der Waals surface area contributed by atoms with Gasteiger partial charge in [0.25, 0.3) is 0 Å². The van der Waals surface area contributed by atoms with Gasteiger partial charge in [0.1, 0.15) is 0 Å². The van der Waals surface area contributed by atoms with Gasteiger partial charge < -0.3 is 15.0 Å². The van der Waals surface area contributed by atoms with Gasteiger partial charge in [0.05, 0.1) is 24.2 Å². The van der Waals surface area contributed by atoms with Crippen molar-refractivity contribution in [1.29, 1.82) is 0 Å². The molecule has 0 bridgehead atoms. The number of hydrogen-bond acceptors (Lipinski definition) is 5. The fourth-order valence-electron chi connectivity index (χ4n) is 3.82. The van der Waals surface area contributed by atoms with E-state index in [2.05, 4.69) is 10.2 Å². The van der Waals surface area contributed by atoms with E-state index >= 15 is 0 Å². The van der Waals surface area contributed by atoms with Gasteiger partial charge >= 0.3 is 6.03 Å². The molecule has 26 heavy (non-hydrogen) atoms. The van der Waals surface area contributed by atoms with Crippen LogP contribution in [0.3, 0.4) is 0 Å². The van der Waals surface area contributed by atoms with Crippen molar-refractivity contribution >= 4 is 15.9 Å². The summed E-state index contributed by atoms with van der Waals surface area (Å²) in [5, 5.41) is 2.95. The molecule has 0 radical (unpaired) electrons. The second kappa shape index (κ2) is 8.37. The maximum Gasteiger partial charge on any atom is 0.317 e. The third-order valence-electron chi connectivity index (χ3n) is 5.17. The summed E-state index contributed by atoms with van der Waals surface area (Å²) in [6.07, 6.45) is 0.757. The first-order chi connectivity index (χ1) is 12.5. The lowest BCUT2D eigenvalue weighted by Crippen LogP contribution is -2.62. The molecule has 2 atom stereocenters. The molecule has 144 valence electrons. The molecule has 0 saturated carbocycles. The second-order valence-corrected chi connectivity index (χ2v) is 9.06. The molecule has 2 aliphatic rings. The Bertz CT molecular complexity index is 710. The van der Waals surface area contributed by atoms with Crippen LogP contribution in [0.5, 0.6) is 0 Å². The Kier molecular flexibility index (Phi) is 6.16. The lowest BCUT2D eigenvalue weighted by atomic mass is 10.1. The number of hydrogen-bond donors (Lipinski definition) is 1. The maximum absolute atomic E-state index is 12.6. The van der Waals surface area contributed by atoms with E-state index in [9.17, 15) is 13.2 Å². The molecule has 1 N–H and O–H groups in total. The number of benzene rings is 1. The zero-order chi connectivity index (χ0) is 18.6. The molecule has 3 rings (SSSR count). The van der Waals surface area contributed by atoms with Gasteiger partial charge in [-0.05, 0) is 12.0 Å². The van der Waals surface area contributed by atoms with Crippen molar-refractivity contribution in [3.05, 3.63) is 35.9 Å². The molecule has 2 amide bonds. The summed E-state index contributed by atoms with van der Waals surface area (Å²) in [5.41, 5.74) is 1.17. The molecule has 2 heterocycles. The standard InChI is InChI=1S/C18H27N3O4S/c1-25-12-11-20-9-10-21(17-14-26(23,24)13-16(17)20)18(22)19-8-7-15-5-3-2-4-6-15/h2-6,16-17H,7-14H2,1H3,(H,19,22)/t16-,17+/m0/s1. The molecule has 0 spiro atoms. The molecule has 8 heteroatoms. The van der Waals surface area contributed by atoms with Crippen LogP contribution < -0.4 is 5.32 Å². The van der Waals surface area contributed by atoms with Crippen molar-refractivity contribution in [3.8, 4) is 0 Å². The fourth-order valence-corrected chi connectivity index (χ4v) is 5.83. The summed E-state index contributed by atoms with van der Waals surface area (Å²) in [5.74, 6) is 0.169. The smallest absolute Gasteiger partial charge is 0.317 e. The largest absolute Gasteiger partial charge is 0.383 e. The van der Waals surface area contributed by atoms with Crippen molar-refractivity contribution in [2.24, 2.45) is 0 Å². The van der Waals surface area contributed by atoms with Gasteiger partial charge in [-0.1, -0.05) is 30.3 Å². The zero-order valence-corrected chi connectivity index (χ0v) is 16.0. The van der Waals surface area contributed by atoms with Crippen LogP contribution >= 0.6 is 0 Å². The lowest BCUT2D eigenvalue weighted by Gasteiger charge is -2.43. The van der Waals surface area contributed by atoms with Crippen molar-refractivity contribution in [2.45, 2.75) is 18.5 Å². The number of carbonyl (C=O) groups excluding carboxylic acids is 1. The highest BCUT2D eigenvalue weighted by atomic mass is 32.2. The van der Waals surface area contributed by atoms with Crippen LogP contribution in [0.4, 0.5) is 4.79 Å². The number of carbonyl (C=O) groups is 1. The number of amides is 2. The van der Waals surface area contributed by atoms with Crippen LogP contribution in [0.25, 0.3) is 0 Å². The lowest BCUT2D eigenvalue weighted by molar-refractivity contribution is 0.0467. The Balaban J connectivity index is 1.59. The van der Waals surface area contributed by atoms with Crippen molar-refractivity contribution < 1.29 is 17.9 Å². The van der Waals surface area contributed by atoms with Gasteiger partial charge in [0.2, 0.25) is 0 Å². The monoisotopic (exact) mass is 381 g/mol. The van der Waals surface area contributed by atoms with Gasteiger partial charge in [-0.2, -0.15) is 0 Å². The van der Waals surface area contributed by atoms with E-state index in [1.165, 1.54) is 5.56 Å². The number of ether oxygens (including phenoxy) is 1. The Labute approximate surface area is 155 Å². The Morgan fingerprint density at radius 3 is 2.65 bits per heavy atom. The van der Waals surface area contributed by atoms with Crippen molar-refractivity contribution in [3.63, 3.8) is 0 Å². The summed E-state index contributed by atoms with van der Waals surface area (Å²) in [6.45, 7) is 3.00.